The Labute approximate surface area is 199 Å². The van der Waals surface area contributed by atoms with Gasteiger partial charge >= 0.3 is 11.9 Å². The van der Waals surface area contributed by atoms with Crippen molar-refractivity contribution in [3.05, 3.63) is 100 Å². The van der Waals surface area contributed by atoms with Crippen molar-refractivity contribution in [3.8, 4) is 11.1 Å². The summed E-state index contributed by atoms with van der Waals surface area (Å²) in [5.74, 6) is -1.29. The van der Waals surface area contributed by atoms with Crippen molar-refractivity contribution in [2.24, 2.45) is 0 Å². The van der Waals surface area contributed by atoms with Gasteiger partial charge in [0.1, 0.15) is 0 Å². The number of pyridine rings is 1. The summed E-state index contributed by atoms with van der Waals surface area (Å²) in [5, 5.41) is 10.4. The quantitative estimate of drug-likeness (QED) is 0.335. The number of ether oxygens (including phenoxy) is 1. The molecule has 34 heavy (non-hydrogen) atoms. The Balaban J connectivity index is 1.81. The molecule has 0 atom stereocenters. The monoisotopic (exact) mass is 453 g/mol. The third-order valence-electron chi connectivity index (χ3n) is 6.02. The lowest BCUT2D eigenvalue weighted by Gasteiger charge is -2.17. The molecule has 4 rings (SSSR count). The molecule has 4 aromatic rings. The van der Waals surface area contributed by atoms with E-state index in [1.54, 1.807) is 12.1 Å². The van der Waals surface area contributed by atoms with E-state index in [1.807, 2.05) is 75.4 Å². The highest BCUT2D eigenvalue weighted by molar-refractivity contribution is 6.06. The Morgan fingerprint density at radius 1 is 0.941 bits per heavy atom. The number of rotatable bonds is 7. The van der Waals surface area contributed by atoms with Crippen LogP contribution in [0.25, 0.3) is 22.0 Å². The molecule has 0 fully saturated rings. The standard InChI is InChI=1S/C29H27NO4/c1-4-24-23(27(29(33)34-5-2)26-18(3)9-8-12-25(26)30-24)17-19-13-15-20(16-14-19)21-10-6-7-11-22(21)28(31)32/h6-16H,4-5,17H2,1-3H3,(H,31,32). The first-order chi connectivity index (χ1) is 16.4. The number of hydrogen-bond acceptors (Lipinski definition) is 4. The number of aromatic nitrogens is 1. The summed E-state index contributed by atoms with van der Waals surface area (Å²) in [6.45, 7) is 6.13. The highest BCUT2D eigenvalue weighted by Crippen LogP contribution is 2.30. The van der Waals surface area contributed by atoms with Gasteiger partial charge in [0.25, 0.3) is 0 Å². The van der Waals surface area contributed by atoms with Crippen molar-refractivity contribution in [1.29, 1.82) is 0 Å². The number of hydrogen-bond donors (Lipinski definition) is 1. The zero-order valence-electron chi connectivity index (χ0n) is 19.6. The van der Waals surface area contributed by atoms with Crippen LogP contribution in [0.4, 0.5) is 0 Å². The average Bonchev–Trinajstić information content (AvgIpc) is 2.84. The summed E-state index contributed by atoms with van der Waals surface area (Å²) in [4.78, 5) is 29.6. The van der Waals surface area contributed by atoms with Crippen LogP contribution < -0.4 is 0 Å². The maximum atomic E-state index is 13.1. The van der Waals surface area contributed by atoms with E-state index >= 15 is 0 Å². The number of esters is 1. The minimum atomic E-state index is -0.955. The number of carbonyl (C=O) groups is 2. The molecular formula is C29H27NO4. The molecule has 1 heterocycles. The first-order valence-electron chi connectivity index (χ1n) is 11.4. The molecule has 0 aliphatic carbocycles. The number of carboxylic acids is 1. The van der Waals surface area contributed by atoms with Gasteiger partial charge in [-0.05, 0) is 60.2 Å². The van der Waals surface area contributed by atoms with Gasteiger partial charge < -0.3 is 9.84 Å². The van der Waals surface area contributed by atoms with E-state index in [0.29, 0.717) is 30.6 Å². The first kappa shape index (κ1) is 23.2. The smallest absolute Gasteiger partial charge is 0.339 e. The minimum Gasteiger partial charge on any atom is -0.478 e. The van der Waals surface area contributed by atoms with Crippen LogP contribution in [0.15, 0.2) is 66.7 Å². The number of carboxylic acid groups (broad SMARTS) is 1. The molecule has 3 aromatic carbocycles. The van der Waals surface area contributed by atoms with E-state index in [2.05, 4.69) is 0 Å². The van der Waals surface area contributed by atoms with E-state index in [9.17, 15) is 14.7 Å². The van der Waals surface area contributed by atoms with E-state index < -0.39 is 5.97 Å². The van der Waals surface area contributed by atoms with Gasteiger partial charge in [-0.1, -0.05) is 61.5 Å². The Hall–Kier alpha value is -3.99. The number of nitrogens with zero attached hydrogens (tertiary/aromatic N) is 1. The fraction of sp³-hybridized carbons (Fsp3) is 0.207. The van der Waals surface area contributed by atoms with Crippen LogP contribution in [0.5, 0.6) is 0 Å². The molecule has 0 aliphatic heterocycles. The average molecular weight is 454 g/mol. The molecule has 172 valence electrons. The molecule has 0 saturated carbocycles. The third kappa shape index (κ3) is 4.42. The Bertz CT molecular complexity index is 1370. The lowest BCUT2D eigenvalue weighted by atomic mass is 9.91. The van der Waals surface area contributed by atoms with Crippen molar-refractivity contribution >= 4 is 22.8 Å². The Morgan fingerprint density at radius 2 is 1.68 bits per heavy atom. The summed E-state index contributed by atoms with van der Waals surface area (Å²) >= 11 is 0. The molecule has 0 amide bonds. The highest BCUT2D eigenvalue weighted by atomic mass is 16.5. The van der Waals surface area contributed by atoms with Gasteiger partial charge in [0, 0.05) is 17.5 Å². The van der Waals surface area contributed by atoms with E-state index in [1.165, 1.54) is 0 Å². The maximum Gasteiger partial charge on any atom is 0.339 e. The Kier molecular flexibility index (Phi) is 6.73. The van der Waals surface area contributed by atoms with Gasteiger partial charge in [0.15, 0.2) is 0 Å². The molecule has 0 bridgehead atoms. The third-order valence-corrected chi connectivity index (χ3v) is 6.02. The van der Waals surface area contributed by atoms with Crippen molar-refractivity contribution in [2.75, 3.05) is 6.61 Å². The fourth-order valence-electron chi connectivity index (χ4n) is 4.42. The molecule has 0 aliphatic rings. The number of aromatic carboxylic acids is 1. The largest absolute Gasteiger partial charge is 0.478 e. The van der Waals surface area contributed by atoms with Gasteiger partial charge in [-0.3, -0.25) is 4.98 Å². The van der Waals surface area contributed by atoms with Crippen LogP contribution in [0.1, 0.15) is 56.9 Å². The zero-order chi connectivity index (χ0) is 24.2. The molecular weight excluding hydrogens is 426 g/mol. The molecule has 0 unspecified atom stereocenters. The van der Waals surface area contributed by atoms with Gasteiger partial charge in [0.05, 0.1) is 23.3 Å². The predicted molar refractivity (Wildman–Crippen MR) is 133 cm³/mol. The summed E-state index contributed by atoms with van der Waals surface area (Å²) in [5.41, 5.74) is 6.89. The van der Waals surface area contributed by atoms with Crippen LogP contribution in [0, 0.1) is 6.92 Å². The normalized spacial score (nSPS) is 10.9. The van der Waals surface area contributed by atoms with Crippen molar-refractivity contribution < 1.29 is 19.4 Å². The second-order valence-electron chi connectivity index (χ2n) is 8.18. The van der Waals surface area contributed by atoms with Crippen LogP contribution in [0.3, 0.4) is 0 Å². The summed E-state index contributed by atoms with van der Waals surface area (Å²) in [6.07, 6.45) is 1.21. The molecule has 5 heteroatoms. The van der Waals surface area contributed by atoms with Crippen LogP contribution in [0.2, 0.25) is 0 Å². The predicted octanol–water partition coefficient (Wildman–Crippen LogP) is 6.24. The Morgan fingerprint density at radius 3 is 2.35 bits per heavy atom. The fourth-order valence-corrected chi connectivity index (χ4v) is 4.42. The number of aryl methyl sites for hydroxylation is 2. The van der Waals surface area contributed by atoms with Gasteiger partial charge in [0.2, 0.25) is 0 Å². The van der Waals surface area contributed by atoms with Gasteiger partial charge in [-0.15, -0.1) is 0 Å². The molecule has 0 radical (unpaired) electrons. The highest BCUT2D eigenvalue weighted by Gasteiger charge is 2.22. The number of benzene rings is 3. The van der Waals surface area contributed by atoms with Gasteiger partial charge in [-0.2, -0.15) is 0 Å². The maximum absolute atomic E-state index is 13.1. The zero-order valence-corrected chi connectivity index (χ0v) is 19.6. The van der Waals surface area contributed by atoms with Crippen LogP contribution in [-0.4, -0.2) is 28.6 Å². The summed E-state index contributed by atoms with van der Waals surface area (Å²) in [6, 6.07) is 20.6. The molecule has 1 aromatic heterocycles. The van der Waals surface area contributed by atoms with Gasteiger partial charge in [-0.25, -0.2) is 9.59 Å². The van der Waals surface area contributed by atoms with Crippen molar-refractivity contribution in [3.63, 3.8) is 0 Å². The van der Waals surface area contributed by atoms with Crippen molar-refractivity contribution in [2.45, 2.75) is 33.6 Å². The lowest BCUT2D eigenvalue weighted by Crippen LogP contribution is -2.14. The van der Waals surface area contributed by atoms with Crippen LogP contribution >= 0.6 is 0 Å². The molecule has 0 spiro atoms. The lowest BCUT2D eigenvalue weighted by molar-refractivity contribution is 0.0526. The SMILES string of the molecule is CCOC(=O)c1c(Cc2ccc(-c3ccccc3C(=O)O)cc2)c(CC)nc2cccc(C)c12. The summed E-state index contributed by atoms with van der Waals surface area (Å²) in [7, 11) is 0. The second-order valence-corrected chi connectivity index (χ2v) is 8.18. The summed E-state index contributed by atoms with van der Waals surface area (Å²) < 4.78 is 5.46. The first-order valence-corrected chi connectivity index (χ1v) is 11.4. The van der Waals surface area contributed by atoms with Crippen LogP contribution in [-0.2, 0) is 17.6 Å². The number of fused-ring (bicyclic) bond motifs is 1. The molecule has 5 nitrogen and oxygen atoms in total. The second kappa shape index (κ2) is 9.87. The van der Waals surface area contributed by atoms with E-state index in [0.717, 1.165) is 38.9 Å². The molecule has 1 N–H and O–H groups in total. The van der Waals surface area contributed by atoms with E-state index in [-0.39, 0.29) is 11.5 Å². The topological polar surface area (TPSA) is 76.5 Å². The number of carbonyl (C=O) groups excluding carboxylic acids is 1. The van der Waals surface area contributed by atoms with Crippen molar-refractivity contribution in [1.82, 2.24) is 4.98 Å². The van der Waals surface area contributed by atoms with E-state index in [4.69, 9.17) is 9.72 Å². The molecule has 0 saturated heterocycles. The minimum absolute atomic E-state index is 0.266.